The molecule has 1 aromatic rings. The number of aromatic nitrogens is 1. The van der Waals surface area contributed by atoms with Crippen LogP contribution in [0.5, 0.6) is 0 Å². The molecule has 1 aliphatic carbocycles. The highest BCUT2D eigenvalue weighted by atomic mass is 32.1. The van der Waals surface area contributed by atoms with E-state index in [2.05, 4.69) is 22.2 Å². The molecule has 1 aliphatic rings. The van der Waals surface area contributed by atoms with Crippen molar-refractivity contribution in [3.63, 3.8) is 0 Å². The summed E-state index contributed by atoms with van der Waals surface area (Å²) in [4.78, 5) is 16.6. The number of hydrogen-bond acceptors (Lipinski definition) is 5. The van der Waals surface area contributed by atoms with E-state index in [1.54, 1.807) is 12.3 Å². The molecule has 1 amide bonds. The zero-order chi connectivity index (χ0) is 13.7. The largest absolute Gasteiger partial charge is 0.388 e. The van der Waals surface area contributed by atoms with E-state index in [1.807, 2.05) is 0 Å². The Kier molecular flexibility index (Phi) is 4.55. The molecule has 2 rings (SSSR count). The molecule has 0 unspecified atom stereocenters. The second-order valence-electron chi connectivity index (χ2n) is 4.81. The lowest BCUT2D eigenvalue weighted by Gasteiger charge is -2.21. The van der Waals surface area contributed by atoms with Gasteiger partial charge >= 0.3 is 0 Å². The smallest absolute Gasteiger partial charge is 0.263 e. The van der Waals surface area contributed by atoms with E-state index < -0.39 is 5.60 Å². The fraction of sp³-hybridized carbons (Fsp3) is 0.538. The molecule has 0 bridgehead atoms. The predicted octanol–water partition coefficient (Wildman–Crippen LogP) is 1.78. The second kappa shape index (κ2) is 6.16. The molecule has 19 heavy (non-hydrogen) atoms. The third-order valence-electron chi connectivity index (χ3n) is 3.24. The summed E-state index contributed by atoms with van der Waals surface area (Å²) in [6.45, 7) is 4.54. The molecule has 1 saturated carbocycles. The van der Waals surface area contributed by atoms with Crippen LogP contribution >= 0.6 is 11.3 Å². The molecule has 0 radical (unpaired) electrons. The molecule has 0 aliphatic heterocycles. The van der Waals surface area contributed by atoms with Crippen molar-refractivity contribution in [2.45, 2.75) is 31.3 Å². The number of rotatable bonds is 6. The number of nitrogens with zero attached hydrogens (tertiary/aromatic N) is 1. The maximum Gasteiger partial charge on any atom is 0.263 e. The van der Waals surface area contributed by atoms with Gasteiger partial charge in [-0.2, -0.15) is 0 Å². The third-order valence-corrected chi connectivity index (χ3v) is 4.19. The van der Waals surface area contributed by atoms with Crippen molar-refractivity contribution in [2.75, 3.05) is 18.4 Å². The van der Waals surface area contributed by atoms with Gasteiger partial charge in [-0.15, -0.1) is 6.58 Å². The Balaban J connectivity index is 1.85. The van der Waals surface area contributed by atoms with E-state index in [0.717, 1.165) is 25.7 Å². The predicted molar refractivity (Wildman–Crippen MR) is 76.6 cm³/mol. The average Bonchev–Trinajstić information content (AvgIpc) is 3.03. The van der Waals surface area contributed by atoms with Crippen molar-refractivity contribution in [2.24, 2.45) is 0 Å². The van der Waals surface area contributed by atoms with Crippen LogP contribution in [0, 0.1) is 0 Å². The molecule has 5 nitrogen and oxygen atoms in total. The van der Waals surface area contributed by atoms with Crippen LogP contribution in [-0.4, -0.2) is 34.7 Å². The molecule has 1 fully saturated rings. The van der Waals surface area contributed by atoms with E-state index in [9.17, 15) is 9.90 Å². The summed E-state index contributed by atoms with van der Waals surface area (Å²) in [7, 11) is 0. The minimum Gasteiger partial charge on any atom is -0.388 e. The van der Waals surface area contributed by atoms with Crippen LogP contribution in [0.3, 0.4) is 0 Å². The molecule has 0 atom stereocenters. The van der Waals surface area contributed by atoms with Crippen LogP contribution in [0.15, 0.2) is 18.9 Å². The molecular weight excluding hydrogens is 262 g/mol. The summed E-state index contributed by atoms with van der Waals surface area (Å²) in [5.41, 5.74) is -0.718. The maximum absolute atomic E-state index is 11.9. The Morgan fingerprint density at radius 2 is 2.32 bits per heavy atom. The SMILES string of the molecule is C=CCNc1ncc(C(=O)NCC2(O)CCCC2)s1. The summed E-state index contributed by atoms with van der Waals surface area (Å²) in [5, 5.41) is 16.7. The van der Waals surface area contributed by atoms with Crippen molar-refractivity contribution in [1.29, 1.82) is 0 Å². The fourth-order valence-corrected chi connectivity index (χ4v) is 2.90. The van der Waals surface area contributed by atoms with Gasteiger partial charge in [0, 0.05) is 13.1 Å². The van der Waals surface area contributed by atoms with Crippen molar-refractivity contribution in [3.05, 3.63) is 23.7 Å². The number of carbonyl (C=O) groups excluding carboxylic acids is 1. The van der Waals surface area contributed by atoms with Gasteiger partial charge in [-0.05, 0) is 12.8 Å². The van der Waals surface area contributed by atoms with E-state index >= 15 is 0 Å². The lowest BCUT2D eigenvalue weighted by atomic mass is 10.0. The normalized spacial score (nSPS) is 17.1. The number of aliphatic hydroxyl groups is 1. The third kappa shape index (κ3) is 3.78. The zero-order valence-electron chi connectivity index (χ0n) is 10.8. The van der Waals surface area contributed by atoms with Crippen LogP contribution < -0.4 is 10.6 Å². The molecule has 0 aromatic carbocycles. The van der Waals surface area contributed by atoms with Crippen molar-refractivity contribution >= 4 is 22.4 Å². The van der Waals surface area contributed by atoms with Gasteiger partial charge in [-0.3, -0.25) is 4.79 Å². The van der Waals surface area contributed by atoms with Crippen LogP contribution in [0.1, 0.15) is 35.4 Å². The Morgan fingerprint density at radius 3 is 3.00 bits per heavy atom. The standard InChI is InChI=1S/C13H19N3O2S/c1-2-7-14-12-15-8-10(19-12)11(17)16-9-13(18)5-3-4-6-13/h2,8,18H,1,3-7,9H2,(H,14,15)(H,16,17). The first kappa shape index (κ1) is 14.0. The Bertz CT molecular complexity index is 452. The Hall–Kier alpha value is -1.40. The molecule has 1 aromatic heterocycles. The summed E-state index contributed by atoms with van der Waals surface area (Å²) in [6.07, 6.45) is 6.87. The number of carbonyl (C=O) groups is 1. The van der Waals surface area contributed by atoms with Gasteiger partial charge in [0.15, 0.2) is 5.13 Å². The second-order valence-corrected chi connectivity index (χ2v) is 5.84. The Morgan fingerprint density at radius 1 is 1.58 bits per heavy atom. The van der Waals surface area contributed by atoms with Crippen LogP contribution in [0.2, 0.25) is 0 Å². The summed E-state index contributed by atoms with van der Waals surface area (Å²) in [6, 6.07) is 0. The van der Waals surface area contributed by atoms with Crippen LogP contribution in [0.4, 0.5) is 5.13 Å². The Labute approximate surface area is 116 Å². The van der Waals surface area contributed by atoms with E-state index in [4.69, 9.17) is 0 Å². The lowest BCUT2D eigenvalue weighted by molar-refractivity contribution is 0.0450. The monoisotopic (exact) mass is 281 g/mol. The topological polar surface area (TPSA) is 74.2 Å². The van der Waals surface area contributed by atoms with Gasteiger partial charge < -0.3 is 15.7 Å². The number of anilines is 1. The van der Waals surface area contributed by atoms with Gasteiger partial charge in [0.05, 0.1) is 11.8 Å². The van der Waals surface area contributed by atoms with E-state index in [-0.39, 0.29) is 5.91 Å². The van der Waals surface area contributed by atoms with Gasteiger partial charge in [0.25, 0.3) is 5.91 Å². The van der Waals surface area contributed by atoms with E-state index in [0.29, 0.717) is 23.1 Å². The van der Waals surface area contributed by atoms with Gasteiger partial charge in [0.1, 0.15) is 4.88 Å². The number of amides is 1. The highest BCUT2D eigenvalue weighted by molar-refractivity contribution is 7.17. The summed E-state index contributed by atoms with van der Waals surface area (Å²) >= 11 is 1.30. The average molecular weight is 281 g/mol. The van der Waals surface area contributed by atoms with Gasteiger partial charge in [-0.25, -0.2) is 4.98 Å². The molecule has 0 saturated heterocycles. The van der Waals surface area contributed by atoms with Crippen molar-refractivity contribution in [1.82, 2.24) is 10.3 Å². The first-order valence-corrected chi connectivity index (χ1v) is 7.26. The fourth-order valence-electron chi connectivity index (χ4n) is 2.16. The number of nitrogens with one attached hydrogen (secondary N) is 2. The molecule has 0 spiro atoms. The molecule has 1 heterocycles. The minimum absolute atomic E-state index is 0.176. The number of hydrogen-bond donors (Lipinski definition) is 3. The zero-order valence-corrected chi connectivity index (χ0v) is 11.6. The molecule has 3 N–H and O–H groups in total. The van der Waals surface area contributed by atoms with Crippen LogP contribution in [0.25, 0.3) is 0 Å². The van der Waals surface area contributed by atoms with Gasteiger partial charge in [-0.1, -0.05) is 30.3 Å². The molecular formula is C13H19N3O2S. The molecule has 6 heteroatoms. The van der Waals surface area contributed by atoms with Crippen LogP contribution in [-0.2, 0) is 0 Å². The van der Waals surface area contributed by atoms with Crippen molar-refractivity contribution < 1.29 is 9.90 Å². The maximum atomic E-state index is 11.9. The summed E-state index contributed by atoms with van der Waals surface area (Å²) in [5.74, 6) is -0.176. The van der Waals surface area contributed by atoms with Gasteiger partial charge in [0.2, 0.25) is 0 Å². The van der Waals surface area contributed by atoms with Crippen molar-refractivity contribution in [3.8, 4) is 0 Å². The lowest BCUT2D eigenvalue weighted by Crippen LogP contribution is -2.40. The highest BCUT2D eigenvalue weighted by Crippen LogP contribution is 2.28. The summed E-state index contributed by atoms with van der Waals surface area (Å²) < 4.78 is 0. The number of thiazole rings is 1. The highest BCUT2D eigenvalue weighted by Gasteiger charge is 2.31. The van der Waals surface area contributed by atoms with E-state index in [1.165, 1.54) is 11.3 Å². The first-order chi connectivity index (χ1) is 9.13. The first-order valence-electron chi connectivity index (χ1n) is 6.44. The molecule has 104 valence electrons. The minimum atomic E-state index is -0.718. The quantitative estimate of drug-likeness (QED) is 0.695.